The summed E-state index contributed by atoms with van der Waals surface area (Å²) in [6.07, 6.45) is 36.7. The van der Waals surface area contributed by atoms with Crippen molar-refractivity contribution in [2.24, 2.45) is 0 Å². The summed E-state index contributed by atoms with van der Waals surface area (Å²) in [5.74, 6) is 0. The van der Waals surface area contributed by atoms with Crippen LogP contribution in [0, 0.1) is 111 Å². The van der Waals surface area contributed by atoms with Crippen molar-refractivity contribution in [3.05, 3.63) is 286 Å². The molecule has 0 radical (unpaired) electrons. The van der Waals surface area contributed by atoms with Crippen LogP contribution in [0.2, 0.25) is 0 Å². The molecule has 0 amide bonds. The lowest BCUT2D eigenvalue weighted by molar-refractivity contribution is 1.16. The van der Waals surface area contributed by atoms with Gasteiger partial charge in [-0.2, -0.15) is 0 Å². The maximum Gasteiger partial charge on any atom is 0.159 e. The molecule has 16 aromatic heterocycles. The number of aromatic nitrogens is 16. The molecular weight excluding hydrogens is 1380 g/mol. The second-order valence-corrected chi connectivity index (χ2v) is 23.5. The molecule has 112 heavy (non-hydrogen) atoms. The van der Waals surface area contributed by atoms with E-state index in [1.165, 1.54) is 88.3 Å². The molecule has 0 N–H and O–H groups in total. The van der Waals surface area contributed by atoms with Crippen molar-refractivity contribution in [1.82, 2.24) is 79.7 Å². The van der Waals surface area contributed by atoms with Gasteiger partial charge in [-0.15, -0.1) is 0 Å². The fourth-order valence-electron chi connectivity index (χ4n) is 10.2. The third-order valence-corrected chi connectivity index (χ3v) is 17.4. The molecule has 0 spiro atoms. The first-order valence-corrected chi connectivity index (χ1v) is 39.6. The normalized spacial score (nSPS) is 9.43. The number of pyridine rings is 16. The molecule has 0 aromatic carbocycles. The number of fused-ring (bicyclic) bond motifs is 8. The second-order valence-electron chi connectivity index (χ2n) is 23.5. The van der Waals surface area contributed by atoms with Gasteiger partial charge in [0.2, 0.25) is 0 Å². The van der Waals surface area contributed by atoms with E-state index in [-0.39, 0.29) is 0 Å². The van der Waals surface area contributed by atoms with Crippen LogP contribution in [0.1, 0.15) is 200 Å². The molecule has 16 rings (SSSR count). The van der Waals surface area contributed by atoms with Crippen molar-refractivity contribution < 1.29 is 0 Å². The van der Waals surface area contributed by atoms with E-state index >= 15 is 0 Å². The van der Waals surface area contributed by atoms with Gasteiger partial charge < -0.3 is 0 Å². The monoisotopic (exact) mass is 1510 g/mol. The van der Waals surface area contributed by atoms with Crippen molar-refractivity contribution in [3.8, 4) is 0 Å². The van der Waals surface area contributed by atoms with Crippen molar-refractivity contribution >= 4 is 87.2 Å². The zero-order valence-corrected chi connectivity index (χ0v) is 73.6. The molecule has 592 valence electrons. The van der Waals surface area contributed by atoms with Crippen molar-refractivity contribution in [3.63, 3.8) is 0 Å². The first-order valence-electron chi connectivity index (χ1n) is 39.6. The minimum Gasteiger partial charge on any atom is -0.264 e. The van der Waals surface area contributed by atoms with Crippen LogP contribution in [-0.4, -0.2) is 79.7 Å². The van der Waals surface area contributed by atoms with Gasteiger partial charge in [-0.25, -0.2) is 9.97 Å². The van der Waals surface area contributed by atoms with Crippen LogP contribution in [0.3, 0.4) is 0 Å². The molecule has 0 bridgehead atoms. The molecule has 16 aromatic rings. The molecule has 0 fully saturated rings. The summed E-state index contributed by atoms with van der Waals surface area (Å²) in [5.41, 5.74) is 25.9. The Balaban J connectivity index is 0.000000623. The van der Waals surface area contributed by atoms with E-state index < -0.39 is 0 Å². The van der Waals surface area contributed by atoms with Gasteiger partial charge in [-0.3, -0.25) is 69.8 Å². The van der Waals surface area contributed by atoms with E-state index in [9.17, 15) is 0 Å². The van der Waals surface area contributed by atoms with E-state index in [0.29, 0.717) is 0 Å². The van der Waals surface area contributed by atoms with Gasteiger partial charge in [-0.1, -0.05) is 117 Å². The minimum absolute atomic E-state index is 0.834. The fourth-order valence-corrected chi connectivity index (χ4v) is 10.2. The molecule has 0 aliphatic heterocycles. The van der Waals surface area contributed by atoms with Crippen LogP contribution >= 0.6 is 0 Å². The number of aryl methyl sites for hydroxylation is 16. The lowest BCUT2D eigenvalue weighted by Gasteiger charge is -2.02. The van der Waals surface area contributed by atoms with E-state index in [0.717, 1.165) is 88.5 Å². The zero-order valence-electron chi connectivity index (χ0n) is 73.6. The second kappa shape index (κ2) is 55.0. The van der Waals surface area contributed by atoms with Crippen molar-refractivity contribution in [2.75, 3.05) is 0 Å². The first-order chi connectivity index (χ1) is 54.3. The summed E-state index contributed by atoms with van der Waals surface area (Å²) in [4.78, 5) is 67.3. The van der Waals surface area contributed by atoms with Gasteiger partial charge in [0, 0.05) is 177 Å². The average molecular weight is 1510 g/mol. The van der Waals surface area contributed by atoms with Crippen LogP contribution in [0.15, 0.2) is 197 Å². The van der Waals surface area contributed by atoms with Gasteiger partial charge in [0.1, 0.15) is 0 Å². The summed E-state index contributed by atoms with van der Waals surface area (Å²) >= 11 is 0. The van der Waals surface area contributed by atoms with Gasteiger partial charge in [0.15, 0.2) is 5.65 Å². The summed E-state index contributed by atoms with van der Waals surface area (Å²) in [6.45, 7) is 65.0. The standard InChI is InChI=1S/8C10H10N2.8C2H6/c1-7-8(2)12-6-9-5-11-4-3-10(7)9;1-7-8(2)12-5-9-3-4-11-6-10(7)9;1-7-5-12-10-3-4-11-6-9(10)8(7)2;1-7-5-12-10-6-11-4-3-9(10)8(7)2;1-7-8(2)12-6-10-9(7)4-3-5-11-10;1-7-8(2)12-6-9-4-3-5-11-10(7)9;1-7-6-12-9-4-3-5-11-10(9)8(7)2;1-7-6-12-10-9(8(7)2)4-3-5-11-10;8*1-2/h8*3-6H,1-2H3;8*1-2H3. The average Bonchev–Trinajstić information content (AvgIpc) is 0.893. The number of hydrogen-bond acceptors (Lipinski definition) is 16. The van der Waals surface area contributed by atoms with Crippen LogP contribution < -0.4 is 0 Å². The van der Waals surface area contributed by atoms with E-state index in [1.807, 2.05) is 280 Å². The molecule has 0 atom stereocenters. The number of hydrogen-bond donors (Lipinski definition) is 0. The number of rotatable bonds is 0. The molecule has 0 unspecified atom stereocenters. The van der Waals surface area contributed by atoms with Gasteiger partial charge in [0.05, 0.1) is 45.5 Å². The molecular formula is C96H128N16. The fraction of sp³-hybridized carbons (Fsp3) is 0.333. The Hall–Kier alpha value is -11.5. The molecule has 0 saturated heterocycles. The molecule has 0 saturated carbocycles. The van der Waals surface area contributed by atoms with E-state index in [4.69, 9.17) is 0 Å². The van der Waals surface area contributed by atoms with Crippen LogP contribution in [0.5, 0.6) is 0 Å². The third kappa shape index (κ3) is 28.7. The lowest BCUT2D eigenvalue weighted by Crippen LogP contribution is -1.89. The summed E-state index contributed by atoms with van der Waals surface area (Å²) in [7, 11) is 0. The molecule has 16 nitrogen and oxygen atoms in total. The molecule has 16 heteroatoms. The third-order valence-electron chi connectivity index (χ3n) is 17.4. The summed E-state index contributed by atoms with van der Waals surface area (Å²) < 4.78 is 0. The largest absolute Gasteiger partial charge is 0.264 e. The SMILES string of the molecule is CC.CC.CC.CC.CC.CC.CC.CC.Cc1cnc2cccnc2c1C.Cc1cnc2ccncc2c1C.Cc1cnc2cnccc2c1C.Cc1cnc2ncccc2c1C.Cc1ncc2cccnc2c1C.Cc1ncc2ccncc2c1C.Cc1ncc2cnccc2c1C.Cc1ncc2ncccc2c1C. The van der Waals surface area contributed by atoms with Gasteiger partial charge in [-0.05, 0) is 250 Å². The summed E-state index contributed by atoms with van der Waals surface area (Å²) in [5, 5.41) is 10.5. The highest BCUT2D eigenvalue weighted by molar-refractivity contribution is 5.87. The molecule has 16 heterocycles. The van der Waals surface area contributed by atoms with Crippen molar-refractivity contribution in [2.45, 2.75) is 222 Å². The van der Waals surface area contributed by atoms with Crippen LogP contribution in [-0.2, 0) is 0 Å². The van der Waals surface area contributed by atoms with Crippen LogP contribution in [0.25, 0.3) is 87.2 Å². The lowest BCUT2D eigenvalue weighted by atomic mass is 10.1. The maximum absolute atomic E-state index is 4.30. The Morgan fingerprint density at radius 3 is 1.16 bits per heavy atom. The predicted octanol–water partition coefficient (Wildman–Crippen LogP) is 26.2. The Bertz CT molecular complexity index is 4370. The highest BCUT2D eigenvalue weighted by atomic mass is 14.8. The Morgan fingerprint density at radius 2 is 0.554 bits per heavy atom. The summed E-state index contributed by atoms with van der Waals surface area (Å²) in [6, 6.07) is 23.8. The Kier molecular flexibility index (Phi) is 48.3. The van der Waals surface area contributed by atoms with E-state index in [2.05, 4.69) is 175 Å². The first kappa shape index (κ1) is 98.5. The predicted molar refractivity (Wildman–Crippen MR) is 483 cm³/mol. The smallest absolute Gasteiger partial charge is 0.159 e. The van der Waals surface area contributed by atoms with Crippen molar-refractivity contribution in [1.29, 1.82) is 0 Å². The Labute approximate surface area is 671 Å². The van der Waals surface area contributed by atoms with Crippen LogP contribution in [0.4, 0.5) is 0 Å². The highest BCUT2D eigenvalue weighted by Crippen LogP contribution is 2.23. The molecule has 0 aliphatic rings. The number of nitrogens with zero attached hydrogens (tertiary/aromatic N) is 16. The van der Waals surface area contributed by atoms with E-state index in [1.54, 1.807) is 43.4 Å². The Morgan fingerprint density at radius 1 is 0.179 bits per heavy atom. The minimum atomic E-state index is 0.834. The zero-order chi connectivity index (χ0) is 84.4. The highest BCUT2D eigenvalue weighted by Gasteiger charge is 2.07. The topological polar surface area (TPSA) is 206 Å². The molecule has 0 aliphatic carbocycles. The van der Waals surface area contributed by atoms with Gasteiger partial charge in [0.25, 0.3) is 0 Å². The maximum atomic E-state index is 4.30. The quantitative estimate of drug-likeness (QED) is 0.138. The van der Waals surface area contributed by atoms with Gasteiger partial charge >= 0.3 is 0 Å².